The molecule has 0 radical (unpaired) electrons. The molecule has 2 unspecified atom stereocenters. The molecule has 0 spiro atoms. The van der Waals surface area contributed by atoms with Crippen LogP contribution in [0, 0.1) is 24.6 Å². The fourth-order valence-electron chi connectivity index (χ4n) is 6.06. The molecule has 0 bridgehead atoms. The van der Waals surface area contributed by atoms with Gasteiger partial charge in [-0.15, -0.1) is 0 Å². The van der Waals surface area contributed by atoms with Crippen LogP contribution in [0.1, 0.15) is 37.8 Å². The molecule has 5 rings (SSSR count). The van der Waals surface area contributed by atoms with Gasteiger partial charge in [0.15, 0.2) is 0 Å². The number of rotatable bonds is 5. The lowest BCUT2D eigenvalue weighted by molar-refractivity contribution is -0.197. The van der Waals surface area contributed by atoms with E-state index in [1.54, 1.807) is 12.4 Å². The standard InChI is InChI=1S/C30H37F4N7O2/c1-17-11-36-29(37-12-17)40-7-5-6-20(16-40)21-8-25(26(10-24(21)31)41-14-18(2)39(4)19(3)15-41)38-28(43)22-13-35-27(42)9-23(22)30(32,33)34/h6,8,10-12,18-19,22-23H,5,7,9,13-16H2,1-4H3,(H,35,42)(H,38,43)/t18-,19+,22?,23?. The monoisotopic (exact) mass is 603 g/mol. The van der Waals surface area contributed by atoms with Gasteiger partial charge in [0.2, 0.25) is 17.8 Å². The number of nitrogens with one attached hydrogen (secondary N) is 2. The molecule has 13 heteroatoms. The number of likely N-dealkylation sites (N-methyl/N-ethyl adjacent to an activating group) is 1. The van der Waals surface area contributed by atoms with E-state index >= 15 is 4.39 Å². The predicted octanol–water partition coefficient (Wildman–Crippen LogP) is 4.00. The van der Waals surface area contributed by atoms with Gasteiger partial charge < -0.3 is 20.4 Å². The number of carbonyl (C=O) groups is 2. The SMILES string of the molecule is Cc1cnc(N2CCC=C(c3cc(NC(=O)C4CNC(=O)CC4C(F)(F)F)c(N4C[C@@H](C)N(C)[C@@H](C)C4)cc3F)C2)nc1. The lowest BCUT2D eigenvalue weighted by atomic mass is 9.84. The highest BCUT2D eigenvalue weighted by molar-refractivity contribution is 5.98. The van der Waals surface area contributed by atoms with Crippen LogP contribution in [0.3, 0.4) is 0 Å². The van der Waals surface area contributed by atoms with Crippen LogP contribution in [0.4, 0.5) is 34.9 Å². The molecule has 2 amide bonds. The van der Waals surface area contributed by atoms with Crippen LogP contribution < -0.4 is 20.4 Å². The molecule has 0 aliphatic carbocycles. The van der Waals surface area contributed by atoms with Crippen molar-refractivity contribution in [2.45, 2.75) is 51.9 Å². The van der Waals surface area contributed by atoms with Crippen molar-refractivity contribution in [2.75, 3.05) is 54.9 Å². The fourth-order valence-corrected chi connectivity index (χ4v) is 6.06. The Hall–Kier alpha value is -3.74. The van der Waals surface area contributed by atoms with Gasteiger partial charge in [0.1, 0.15) is 5.82 Å². The van der Waals surface area contributed by atoms with Crippen molar-refractivity contribution in [1.29, 1.82) is 0 Å². The number of amides is 2. The molecule has 3 aliphatic heterocycles. The van der Waals surface area contributed by atoms with Crippen molar-refractivity contribution in [2.24, 2.45) is 11.8 Å². The van der Waals surface area contributed by atoms with Crippen molar-refractivity contribution in [1.82, 2.24) is 20.2 Å². The fraction of sp³-hybridized carbons (Fsp3) is 0.533. The maximum absolute atomic E-state index is 15.9. The van der Waals surface area contributed by atoms with E-state index in [4.69, 9.17) is 0 Å². The average molecular weight is 604 g/mol. The van der Waals surface area contributed by atoms with Crippen molar-refractivity contribution >= 4 is 34.7 Å². The summed E-state index contributed by atoms with van der Waals surface area (Å²) in [7, 11) is 2.01. The molecular formula is C30H37F4N7O2. The van der Waals surface area contributed by atoms with Crippen LogP contribution in [-0.4, -0.2) is 84.7 Å². The van der Waals surface area contributed by atoms with E-state index in [-0.39, 0.29) is 23.3 Å². The molecule has 2 N–H and O–H groups in total. The first-order chi connectivity index (χ1) is 20.3. The Kier molecular flexibility index (Phi) is 8.64. The summed E-state index contributed by atoms with van der Waals surface area (Å²) in [6.45, 7) is 7.56. The molecule has 0 saturated carbocycles. The molecule has 4 heterocycles. The molecule has 9 nitrogen and oxygen atoms in total. The minimum atomic E-state index is -4.73. The summed E-state index contributed by atoms with van der Waals surface area (Å²) in [5, 5.41) is 5.10. The zero-order chi connectivity index (χ0) is 31.1. The average Bonchev–Trinajstić information content (AvgIpc) is 2.96. The van der Waals surface area contributed by atoms with Crippen molar-refractivity contribution in [3.8, 4) is 0 Å². The summed E-state index contributed by atoms with van der Waals surface area (Å²) in [5.74, 6) is -5.24. The molecule has 4 atom stereocenters. The van der Waals surface area contributed by atoms with Gasteiger partial charge in [-0.05, 0) is 57.5 Å². The van der Waals surface area contributed by atoms with Crippen LogP contribution in [0.5, 0.6) is 0 Å². The van der Waals surface area contributed by atoms with Crippen LogP contribution in [-0.2, 0) is 9.59 Å². The maximum atomic E-state index is 15.9. The molecule has 3 aliphatic rings. The first-order valence-corrected chi connectivity index (χ1v) is 14.5. The molecular weight excluding hydrogens is 566 g/mol. The molecule has 232 valence electrons. The third-order valence-corrected chi connectivity index (χ3v) is 8.76. The summed E-state index contributed by atoms with van der Waals surface area (Å²) >= 11 is 0. The zero-order valence-corrected chi connectivity index (χ0v) is 24.7. The molecule has 1 aromatic carbocycles. The number of anilines is 3. The second-order valence-electron chi connectivity index (χ2n) is 11.9. The number of halogens is 4. The molecule has 2 fully saturated rings. The van der Waals surface area contributed by atoms with Gasteiger partial charge in [0.05, 0.1) is 23.2 Å². The Morgan fingerprint density at radius 2 is 1.77 bits per heavy atom. The van der Waals surface area contributed by atoms with Gasteiger partial charge >= 0.3 is 6.18 Å². The van der Waals surface area contributed by atoms with Gasteiger partial charge in [-0.3, -0.25) is 14.5 Å². The van der Waals surface area contributed by atoms with Crippen LogP contribution in [0.15, 0.2) is 30.6 Å². The summed E-state index contributed by atoms with van der Waals surface area (Å²) in [5.41, 5.74) is 2.45. The second kappa shape index (κ2) is 12.1. The van der Waals surface area contributed by atoms with Gasteiger partial charge in [0.25, 0.3) is 0 Å². The molecule has 1 aromatic heterocycles. The molecule has 2 saturated heterocycles. The van der Waals surface area contributed by atoms with E-state index in [1.807, 2.05) is 43.7 Å². The number of piperazine rings is 1. The Morgan fingerprint density at radius 1 is 1.09 bits per heavy atom. The third-order valence-electron chi connectivity index (χ3n) is 8.76. The Labute approximate surface area is 248 Å². The van der Waals surface area contributed by atoms with Crippen LogP contribution >= 0.6 is 0 Å². The summed E-state index contributed by atoms with van der Waals surface area (Å²) < 4.78 is 57.6. The zero-order valence-electron chi connectivity index (χ0n) is 24.7. The Morgan fingerprint density at radius 3 is 2.42 bits per heavy atom. The van der Waals surface area contributed by atoms with Crippen molar-refractivity contribution in [3.05, 3.63) is 47.5 Å². The lowest BCUT2D eigenvalue weighted by Gasteiger charge is -2.44. The van der Waals surface area contributed by atoms with Crippen LogP contribution in [0.25, 0.3) is 5.57 Å². The first kappa shape index (κ1) is 30.7. The Balaban J connectivity index is 1.50. The highest BCUT2D eigenvalue weighted by atomic mass is 19.4. The number of hydrogen-bond acceptors (Lipinski definition) is 7. The third kappa shape index (κ3) is 6.61. The number of alkyl halides is 3. The lowest BCUT2D eigenvalue weighted by Crippen LogP contribution is -2.55. The van der Waals surface area contributed by atoms with E-state index in [0.717, 1.165) is 5.56 Å². The topological polar surface area (TPSA) is 93.7 Å². The van der Waals surface area contributed by atoms with Crippen molar-refractivity contribution < 1.29 is 27.2 Å². The van der Waals surface area contributed by atoms with E-state index in [0.29, 0.717) is 49.8 Å². The molecule has 43 heavy (non-hydrogen) atoms. The minimum absolute atomic E-state index is 0.113. The van der Waals surface area contributed by atoms with Gasteiger partial charge in [-0.2, -0.15) is 13.2 Å². The summed E-state index contributed by atoms with van der Waals surface area (Å²) in [6, 6.07) is 3.11. The Bertz CT molecular complexity index is 1390. The number of nitrogens with zero attached hydrogens (tertiary/aromatic N) is 5. The number of hydrogen-bond donors (Lipinski definition) is 2. The highest BCUT2D eigenvalue weighted by Gasteiger charge is 2.50. The second-order valence-corrected chi connectivity index (χ2v) is 11.9. The predicted molar refractivity (Wildman–Crippen MR) is 156 cm³/mol. The highest BCUT2D eigenvalue weighted by Crippen LogP contribution is 2.39. The number of aromatic nitrogens is 2. The van der Waals surface area contributed by atoms with Gasteiger partial charge in [-0.25, -0.2) is 14.4 Å². The number of carbonyl (C=O) groups excluding carboxylic acids is 2. The number of piperidine rings is 1. The van der Waals surface area contributed by atoms with E-state index in [9.17, 15) is 22.8 Å². The molecule has 2 aromatic rings. The van der Waals surface area contributed by atoms with E-state index in [1.165, 1.54) is 12.1 Å². The van der Waals surface area contributed by atoms with Crippen molar-refractivity contribution in [3.63, 3.8) is 0 Å². The van der Waals surface area contributed by atoms with Gasteiger partial charge in [0, 0.05) is 69.2 Å². The largest absolute Gasteiger partial charge is 0.393 e. The number of aryl methyl sites for hydroxylation is 1. The number of benzene rings is 1. The summed E-state index contributed by atoms with van der Waals surface area (Å²) in [6.07, 6.45) is 0.406. The normalized spacial score (nSPS) is 25.3. The summed E-state index contributed by atoms with van der Waals surface area (Å²) in [4.78, 5) is 40.1. The van der Waals surface area contributed by atoms with E-state index < -0.39 is 48.6 Å². The quantitative estimate of drug-likeness (QED) is 0.500. The van der Waals surface area contributed by atoms with E-state index in [2.05, 4.69) is 25.5 Å². The smallest absolute Gasteiger partial charge is 0.367 e. The minimum Gasteiger partial charge on any atom is -0.367 e. The maximum Gasteiger partial charge on any atom is 0.393 e. The van der Waals surface area contributed by atoms with Crippen LogP contribution in [0.2, 0.25) is 0 Å². The first-order valence-electron chi connectivity index (χ1n) is 14.5. The van der Waals surface area contributed by atoms with Gasteiger partial charge in [-0.1, -0.05) is 6.08 Å².